The largest absolute Gasteiger partial charge is 0.493 e. The summed E-state index contributed by atoms with van der Waals surface area (Å²) in [6.45, 7) is 4.89. The predicted octanol–water partition coefficient (Wildman–Crippen LogP) is 4.42. The minimum absolute atomic E-state index is 0.229. The number of para-hydroxylation sites is 1. The van der Waals surface area contributed by atoms with Gasteiger partial charge in [-0.05, 0) is 48.2 Å². The Morgan fingerprint density at radius 3 is 2.76 bits per heavy atom. The van der Waals surface area contributed by atoms with Crippen LogP contribution in [0.5, 0.6) is 11.5 Å². The lowest BCUT2D eigenvalue weighted by Gasteiger charge is -2.12. The van der Waals surface area contributed by atoms with Crippen LogP contribution >= 0.6 is 0 Å². The van der Waals surface area contributed by atoms with E-state index < -0.39 is 0 Å². The topological polar surface area (TPSA) is 88.0 Å². The van der Waals surface area contributed by atoms with Gasteiger partial charge in [0.2, 0.25) is 0 Å². The lowest BCUT2D eigenvalue weighted by atomic mass is 10.1. The van der Waals surface area contributed by atoms with Crippen LogP contribution in [0.1, 0.15) is 31.7 Å². The molecule has 0 saturated heterocycles. The zero-order valence-corrected chi connectivity index (χ0v) is 16.7. The zero-order valence-electron chi connectivity index (χ0n) is 16.7. The Kier molecular flexibility index (Phi) is 6.30. The quantitative estimate of drug-likeness (QED) is 0.604. The fourth-order valence-corrected chi connectivity index (χ4v) is 2.83. The van der Waals surface area contributed by atoms with Crippen LogP contribution in [0.3, 0.4) is 0 Å². The van der Waals surface area contributed by atoms with Gasteiger partial charge < -0.3 is 14.5 Å². The van der Waals surface area contributed by atoms with Crippen LogP contribution in [0.4, 0.5) is 0 Å². The molecule has 3 rings (SSSR count). The maximum Gasteiger partial charge on any atom is 0.259 e. The highest BCUT2D eigenvalue weighted by molar-refractivity contribution is 5.89. The van der Waals surface area contributed by atoms with Crippen molar-refractivity contribution in [2.75, 3.05) is 13.7 Å². The molecule has 0 atom stereocenters. The van der Waals surface area contributed by atoms with Crippen LogP contribution < -0.4 is 15.0 Å². The molecular weight excluding hydrogens is 366 g/mol. The van der Waals surface area contributed by atoms with Crippen molar-refractivity contribution in [2.45, 2.75) is 20.3 Å². The second-order valence-electron chi connectivity index (χ2n) is 7.04. The fourth-order valence-electron chi connectivity index (χ4n) is 2.83. The Hall–Kier alpha value is -3.59. The molecule has 0 aliphatic heterocycles. The number of aromatic nitrogens is 2. The van der Waals surface area contributed by atoms with Gasteiger partial charge in [-0.2, -0.15) is 5.26 Å². The summed E-state index contributed by atoms with van der Waals surface area (Å²) in [6.07, 6.45) is 2.61. The van der Waals surface area contributed by atoms with E-state index in [0.717, 1.165) is 12.0 Å². The monoisotopic (exact) mass is 389 g/mol. The van der Waals surface area contributed by atoms with Gasteiger partial charge in [0.15, 0.2) is 17.3 Å². The summed E-state index contributed by atoms with van der Waals surface area (Å²) in [6, 6.07) is 14.6. The van der Waals surface area contributed by atoms with E-state index in [4.69, 9.17) is 9.47 Å². The third kappa shape index (κ3) is 4.82. The third-order valence-electron chi connectivity index (χ3n) is 4.44. The number of fused-ring (bicyclic) bond motifs is 1. The Balaban J connectivity index is 1.93. The first-order chi connectivity index (χ1) is 14.0. The lowest BCUT2D eigenvalue weighted by molar-refractivity contribution is 0.273. The Bertz CT molecular complexity index is 1140. The molecule has 0 saturated carbocycles. The number of ether oxygens (including phenoxy) is 2. The SMILES string of the molecule is COc1cc(C=C(C#N)c2nc3ccccc3c(=O)[nH]2)ccc1OCCC(C)C. The molecule has 148 valence electrons. The van der Waals surface area contributed by atoms with Crippen molar-refractivity contribution in [3.05, 3.63) is 64.2 Å². The number of nitriles is 1. The molecule has 6 nitrogen and oxygen atoms in total. The number of nitrogens with zero attached hydrogens (tertiary/aromatic N) is 2. The minimum Gasteiger partial charge on any atom is -0.493 e. The highest BCUT2D eigenvalue weighted by atomic mass is 16.5. The molecule has 0 spiro atoms. The molecule has 0 fully saturated rings. The van der Waals surface area contributed by atoms with Crippen molar-refractivity contribution < 1.29 is 9.47 Å². The van der Waals surface area contributed by atoms with Gasteiger partial charge in [0.05, 0.1) is 30.2 Å². The molecule has 29 heavy (non-hydrogen) atoms. The van der Waals surface area contributed by atoms with Crippen LogP contribution in [0.15, 0.2) is 47.3 Å². The summed E-state index contributed by atoms with van der Waals surface area (Å²) >= 11 is 0. The molecule has 0 aliphatic carbocycles. The fraction of sp³-hybridized carbons (Fsp3) is 0.261. The van der Waals surface area contributed by atoms with E-state index in [2.05, 4.69) is 29.9 Å². The summed E-state index contributed by atoms with van der Waals surface area (Å²) in [5.74, 6) is 2.02. The second-order valence-corrected chi connectivity index (χ2v) is 7.04. The number of H-pyrrole nitrogens is 1. The van der Waals surface area contributed by atoms with E-state index in [0.29, 0.717) is 34.9 Å². The zero-order chi connectivity index (χ0) is 20.8. The number of hydrogen-bond donors (Lipinski definition) is 1. The third-order valence-corrected chi connectivity index (χ3v) is 4.44. The van der Waals surface area contributed by atoms with Gasteiger partial charge in [-0.25, -0.2) is 4.98 Å². The van der Waals surface area contributed by atoms with Crippen LogP contribution in [0, 0.1) is 17.2 Å². The second kappa shape index (κ2) is 9.07. The van der Waals surface area contributed by atoms with E-state index in [1.54, 1.807) is 43.5 Å². The highest BCUT2D eigenvalue weighted by Crippen LogP contribution is 2.30. The molecule has 1 N–H and O–H groups in total. The standard InChI is InChI=1S/C23H23N3O3/c1-15(2)10-11-29-20-9-8-16(13-21(20)28-3)12-17(14-24)22-25-19-7-5-4-6-18(19)23(27)26-22/h4-9,12-13,15H,10-11H2,1-3H3,(H,25,26,27). The maximum atomic E-state index is 12.3. The number of allylic oxidation sites excluding steroid dienone is 1. The summed E-state index contributed by atoms with van der Waals surface area (Å²) in [4.78, 5) is 19.4. The predicted molar refractivity (Wildman–Crippen MR) is 114 cm³/mol. The van der Waals surface area contributed by atoms with Crippen molar-refractivity contribution in [3.8, 4) is 17.6 Å². The molecule has 0 aliphatic rings. The highest BCUT2D eigenvalue weighted by Gasteiger charge is 2.10. The van der Waals surface area contributed by atoms with Crippen molar-refractivity contribution in [1.29, 1.82) is 5.26 Å². The van der Waals surface area contributed by atoms with Crippen LogP contribution in [0.2, 0.25) is 0 Å². The molecule has 0 amide bonds. The van der Waals surface area contributed by atoms with E-state index in [1.807, 2.05) is 12.1 Å². The molecule has 3 aromatic rings. The number of rotatable bonds is 7. The molecule has 0 radical (unpaired) electrons. The Labute approximate surface area is 169 Å². The molecule has 6 heteroatoms. The smallest absolute Gasteiger partial charge is 0.259 e. The van der Waals surface area contributed by atoms with Crippen LogP contribution in [-0.4, -0.2) is 23.7 Å². The van der Waals surface area contributed by atoms with E-state index in [1.165, 1.54) is 0 Å². The summed E-state index contributed by atoms with van der Waals surface area (Å²) in [7, 11) is 1.58. The van der Waals surface area contributed by atoms with Gasteiger partial charge in [0.25, 0.3) is 5.56 Å². The normalized spacial score (nSPS) is 11.5. The van der Waals surface area contributed by atoms with E-state index >= 15 is 0 Å². The molecule has 2 aromatic carbocycles. The molecule has 1 heterocycles. The van der Waals surface area contributed by atoms with Crippen molar-refractivity contribution in [3.63, 3.8) is 0 Å². The minimum atomic E-state index is -0.279. The average molecular weight is 389 g/mol. The summed E-state index contributed by atoms with van der Waals surface area (Å²) in [5, 5.41) is 10.1. The van der Waals surface area contributed by atoms with Gasteiger partial charge in [0, 0.05) is 0 Å². The number of benzene rings is 2. The number of hydrogen-bond acceptors (Lipinski definition) is 5. The first-order valence-corrected chi connectivity index (χ1v) is 9.44. The van der Waals surface area contributed by atoms with Crippen molar-refractivity contribution >= 4 is 22.6 Å². The Morgan fingerprint density at radius 1 is 1.24 bits per heavy atom. The number of aromatic amines is 1. The average Bonchev–Trinajstić information content (AvgIpc) is 2.72. The van der Waals surface area contributed by atoms with Gasteiger partial charge in [-0.1, -0.05) is 32.0 Å². The molecule has 0 unspecified atom stereocenters. The van der Waals surface area contributed by atoms with Crippen molar-refractivity contribution in [2.24, 2.45) is 5.92 Å². The number of methoxy groups -OCH3 is 1. The van der Waals surface area contributed by atoms with Gasteiger partial charge in [0.1, 0.15) is 6.07 Å². The van der Waals surface area contributed by atoms with E-state index in [9.17, 15) is 10.1 Å². The molecule has 0 bridgehead atoms. The first-order valence-electron chi connectivity index (χ1n) is 9.44. The maximum absolute atomic E-state index is 12.3. The summed E-state index contributed by atoms with van der Waals surface area (Å²) in [5.41, 5.74) is 1.26. The summed E-state index contributed by atoms with van der Waals surface area (Å²) < 4.78 is 11.2. The van der Waals surface area contributed by atoms with Gasteiger partial charge >= 0.3 is 0 Å². The molecule has 1 aromatic heterocycles. The first kappa shape index (κ1) is 20.2. The van der Waals surface area contributed by atoms with Gasteiger partial charge in [-0.3, -0.25) is 4.79 Å². The number of nitrogens with one attached hydrogen (secondary N) is 1. The Morgan fingerprint density at radius 2 is 2.03 bits per heavy atom. The van der Waals surface area contributed by atoms with Gasteiger partial charge in [-0.15, -0.1) is 0 Å². The van der Waals surface area contributed by atoms with Crippen LogP contribution in [-0.2, 0) is 0 Å². The van der Waals surface area contributed by atoms with E-state index in [-0.39, 0.29) is 17.0 Å². The van der Waals surface area contributed by atoms with Crippen molar-refractivity contribution in [1.82, 2.24) is 9.97 Å². The lowest BCUT2D eigenvalue weighted by Crippen LogP contribution is -2.11. The van der Waals surface area contributed by atoms with Crippen LogP contribution in [0.25, 0.3) is 22.6 Å². The molecular formula is C23H23N3O3.